The number of nitrogens with zero attached hydrogens (tertiary/aromatic N) is 1. The van der Waals surface area contributed by atoms with E-state index in [9.17, 15) is 19.7 Å². The van der Waals surface area contributed by atoms with Gasteiger partial charge >= 0.3 is 5.97 Å². The van der Waals surface area contributed by atoms with Crippen molar-refractivity contribution in [1.29, 1.82) is 0 Å². The van der Waals surface area contributed by atoms with Crippen molar-refractivity contribution in [3.05, 3.63) is 57.1 Å². The van der Waals surface area contributed by atoms with Gasteiger partial charge in [0.25, 0.3) is 11.6 Å². The molecule has 2 aromatic carbocycles. The number of amides is 1. The summed E-state index contributed by atoms with van der Waals surface area (Å²) < 4.78 is 15.6. The van der Waals surface area contributed by atoms with Crippen LogP contribution in [0.1, 0.15) is 21.5 Å². The molecule has 146 valence electrons. The largest absolute Gasteiger partial charge is 0.486 e. The van der Waals surface area contributed by atoms with Crippen molar-refractivity contribution >= 4 is 23.3 Å². The summed E-state index contributed by atoms with van der Waals surface area (Å²) in [6.07, 6.45) is 0. The van der Waals surface area contributed by atoms with Crippen LogP contribution in [0.5, 0.6) is 11.5 Å². The molecule has 0 spiro atoms. The third kappa shape index (κ3) is 4.20. The Kier molecular flexibility index (Phi) is 5.44. The summed E-state index contributed by atoms with van der Waals surface area (Å²) in [7, 11) is 0. The molecule has 1 amide bonds. The molecule has 1 N–H and O–H groups in total. The summed E-state index contributed by atoms with van der Waals surface area (Å²) in [4.78, 5) is 34.9. The first kappa shape index (κ1) is 19.2. The average molecular weight is 386 g/mol. The van der Waals surface area contributed by atoms with Crippen molar-refractivity contribution in [2.45, 2.75) is 13.8 Å². The maximum atomic E-state index is 12.3. The number of ether oxygens (including phenoxy) is 3. The molecule has 0 saturated heterocycles. The van der Waals surface area contributed by atoms with Gasteiger partial charge in [-0.1, -0.05) is 6.07 Å². The number of anilines is 1. The standard InChI is InChI=1S/C19H18N2O7/c1-11-3-4-13(7-12(11)2)20-18(22)10-28-19(23)14-8-16-17(27-6-5-26-16)9-15(14)21(24)25/h3-4,7-9H,5-6,10H2,1-2H3,(H,20,22). The van der Waals surface area contributed by atoms with Gasteiger partial charge in [-0.25, -0.2) is 4.79 Å². The highest BCUT2D eigenvalue weighted by Gasteiger charge is 2.27. The van der Waals surface area contributed by atoms with Crippen LogP contribution in [0.15, 0.2) is 30.3 Å². The maximum Gasteiger partial charge on any atom is 0.345 e. The Hall–Kier alpha value is -3.62. The minimum atomic E-state index is -1.00. The lowest BCUT2D eigenvalue weighted by molar-refractivity contribution is -0.385. The van der Waals surface area contributed by atoms with Gasteiger partial charge in [0.2, 0.25) is 0 Å². The highest BCUT2D eigenvalue weighted by atomic mass is 16.6. The number of hydrogen-bond donors (Lipinski definition) is 1. The smallest absolute Gasteiger partial charge is 0.345 e. The van der Waals surface area contributed by atoms with Crippen LogP contribution in [0.4, 0.5) is 11.4 Å². The summed E-state index contributed by atoms with van der Waals surface area (Å²) in [6, 6.07) is 7.68. The lowest BCUT2D eigenvalue weighted by Crippen LogP contribution is -2.22. The first-order valence-electron chi connectivity index (χ1n) is 8.47. The Morgan fingerprint density at radius 3 is 2.43 bits per heavy atom. The Bertz CT molecular complexity index is 956. The zero-order valence-electron chi connectivity index (χ0n) is 15.3. The molecule has 2 aromatic rings. The van der Waals surface area contributed by atoms with Crippen LogP contribution in [0, 0.1) is 24.0 Å². The van der Waals surface area contributed by atoms with Gasteiger partial charge < -0.3 is 19.5 Å². The van der Waals surface area contributed by atoms with Gasteiger partial charge in [0, 0.05) is 11.8 Å². The number of esters is 1. The van der Waals surface area contributed by atoms with E-state index in [1.54, 1.807) is 12.1 Å². The third-order valence-electron chi connectivity index (χ3n) is 4.20. The minimum absolute atomic E-state index is 0.182. The van der Waals surface area contributed by atoms with Crippen LogP contribution < -0.4 is 14.8 Å². The molecule has 0 atom stereocenters. The lowest BCUT2D eigenvalue weighted by Gasteiger charge is -2.18. The monoisotopic (exact) mass is 386 g/mol. The fourth-order valence-corrected chi connectivity index (χ4v) is 2.62. The fraction of sp³-hybridized carbons (Fsp3) is 0.263. The number of carbonyl (C=O) groups excluding carboxylic acids is 2. The summed E-state index contributed by atoms with van der Waals surface area (Å²) in [6.45, 7) is 3.79. The highest BCUT2D eigenvalue weighted by molar-refractivity contribution is 5.98. The third-order valence-corrected chi connectivity index (χ3v) is 4.20. The van der Waals surface area contributed by atoms with Gasteiger partial charge in [-0.05, 0) is 37.1 Å². The van der Waals surface area contributed by atoms with Gasteiger partial charge in [-0.2, -0.15) is 0 Å². The van der Waals surface area contributed by atoms with E-state index in [2.05, 4.69) is 5.32 Å². The molecule has 9 nitrogen and oxygen atoms in total. The van der Waals surface area contributed by atoms with Crippen molar-refractivity contribution < 1.29 is 28.7 Å². The quantitative estimate of drug-likeness (QED) is 0.477. The summed E-state index contributed by atoms with van der Waals surface area (Å²) in [5.41, 5.74) is 1.85. The molecule has 0 bridgehead atoms. The van der Waals surface area contributed by atoms with E-state index in [4.69, 9.17) is 14.2 Å². The van der Waals surface area contributed by atoms with Crippen molar-refractivity contribution in [3.63, 3.8) is 0 Å². The van der Waals surface area contributed by atoms with Crippen LogP contribution in [-0.4, -0.2) is 36.6 Å². The molecule has 28 heavy (non-hydrogen) atoms. The van der Waals surface area contributed by atoms with Gasteiger partial charge in [-0.3, -0.25) is 14.9 Å². The van der Waals surface area contributed by atoms with Crippen LogP contribution >= 0.6 is 0 Å². The van der Waals surface area contributed by atoms with Gasteiger partial charge in [0.15, 0.2) is 18.1 Å². The van der Waals surface area contributed by atoms with E-state index in [1.165, 1.54) is 6.07 Å². The number of nitro benzene ring substituents is 1. The molecule has 1 heterocycles. The number of fused-ring (bicyclic) bond motifs is 1. The molecular formula is C19H18N2O7. The van der Waals surface area contributed by atoms with Crippen molar-refractivity contribution in [2.24, 2.45) is 0 Å². The predicted molar refractivity (Wildman–Crippen MR) is 98.9 cm³/mol. The predicted octanol–water partition coefficient (Wildman–Crippen LogP) is 2.78. The lowest BCUT2D eigenvalue weighted by atomic mass is 10.1. The molecule has 9 heteroatoms. The van der Waals surface area contributed by atoms with Crippen molar-refractivity contribution in [2.75, 3.05) is 25.1 Å². The van der Waals surface area contributed by atoms with Crippen molar-refractivity contribution in [3.8, 4) is 11.5 Å². The van der Waals surface area contributed by atoms with E-state index in [0.717, 1.165) is 17.2 Å². The molecule has 0 unspecified atom stereocenters. The number of rotatable bonds is 5. The van der Waals surface area contributed by atoms with E-state index >= 15 is 0 Å². The Morgan fingerprint density at radius 1 is 1.11 bits per heavy atom. The molecule has 3 rings (SSSR count). The molecule has 0 aliphatic carbocycles. The molecule has 0 saturated carbocycles. The number of nitro groups is 1. The Balaban J connectivity index is 1.69. The second-order valence-electron chi connectivity index (χ2n) is 6.19. The molecule has 1 aliphatic rings. The average Bonchev–Trinajstić information content (AvgIpc) is 2.68. The van der Waals surface area contributed by atoms with Crippen LogP contribution in [0.2, 0.25) is 0 Å². The zero-order chi connectivity index (χ0) is 20.3. The van der Waals surface area contributed by atoms with E-state index in [1.807, 2.05) is 19.9 Å². The normalized spacial score (nSPS) is 12.2. The highest BCUT2D eigenvalue weighted by Crippen LogP contribution is 2.36. The van der Waals surface area contributed by atoms with Crippen LogP contribution in [0.3, 0.4) is 0 Å². The first-order valence-corrected chi connectivity index (χ1v) is 8.47. The maximum absolute atomic E-state index is 12.3. The summed E-state index contributed by atoms with van der Waals surface area (Å²) in [5, 5.41) is 13.9. The fourth-order valence-electron chi connectivity index (χ4n) is 2.62. The number of hydrogen-bond acceptors (Lipinski definition) is 7. The second kappa shape index (κ2) is 7.95. The number of carbonyl (C=O) groups is 2. The number of aryl methyl sites for hydroxylation is 2. The van der Waals surface area contributed by atoms with E-state index < -0.39 is 29.1 Å². The minimum Gasteiger partial charge on any atom is -0.486 e. The van der Waals surface area contributed by atoms with Gasteiger partial charge in [0.1, 0.15) is 18.8 Å². The number of nitrogens with one attached hydrogen (secondary N) is 1. The van der Waals surface area contributed by atoms with Gasteiger partial charge in [0.05, 0.1) is 11.0 Å². The first-order chi connectivity index (χ1) is 13.3. The SMILES string of the molecule is Cc1ccc(NC(=O)COC(=O)c2cc3c(cc2[N+](=O)[O-])OCCO3)cc1C. The second-order valence-corrected chi connectivity index (χ2v) is 6.19. The molecule has 0 aromatic heterocycles. The van der Waals surface area contributed by atoms with E-state index in [0.29, 0.717) is 5.69 Å². The number of benzene rings is 2. The summed E-state index contributed by atoms with van der Waals surface area (Å²) >= 11 is 0. The summed E-state index contributed by atoms with van der Waals surface area (Å²) in [5.74, 6) is -1.17. The topological polar surface area (TPSA) is 117 Å². The van der Waals surface area contributed by atoms with Crippen molar-refractivity contribution in [1.82, 2.24) is 0 Å². The van der Waals surface area contributed by atoms with E-state index in [-0.39, 0.29) is 30.3 Å². The Labute approximate surface area is 160 Å². The molecule has 1 aliphatic heterocycles. The van der Waals surface area contributed by atoms with Crippen LogP contribution in [-0.2, 0) is 9.53 Å². The molecule has 0 radical (unpaired) electrons. The molecular weight excluding hydrogens is 368 g/mol. The zero-order valence-corrected chi connectivity index (χ0v) is 15.3. The Morgan fingerprint density at radius 2 is 1.79 bits per heavy atom. The molecule has 0 fully saturated rings. The van der Waals surface area contributed by atoms with Crippen LogP contribution in [0.25, 0.3) is 0 Å². The van der Waals surface area contributed by atoms with Gasteiger partial charge in [-0.15, -0.1) is 0 Å².